The van der Waals surface area contributed by atoms with Crippen LogP contribution in [0.2, 0.25) is 0 Å². The second-order valence-corrected chi connectivity index (χ2v) is 4.38. The maximum atomic E-state index is 11.0. The van der Waals surface area contributed by atoms with E-state index >= 15 is 0 Å². The largest absolute Gasteiger partial charge is 0.478 e. The SMILES string of the molecule is CC(=O)N[C@@H]1C=C(C(=O)O)O[C@@H]([C@H](O)[C@H](O)CO)[C@@H]1O. The third kappa shape index (κ3) is 3.67. The number of amides is 1. The highest BCUT2D eigenvalue weighted by atomic mass is 16.5. The van der Waals surface area contributed by atoms with Crippen LogP contribution in [0, 0.1) is 0 Å². The molecule has 1 aliphatic rings. The van der Waals surface area contributed by atoms with Crippen molar-refractivity contribution < 1.29 is 39.9 Å². The van der Waals surface area contributed by atoms with Gasteiger partial charge < -0.3 is 35.6 Å². The van der Waals surface area contributed by atoms with Gasteiger partial charge in [-0.15, -0.1) is 0 Å². The molecule has 0 fully saturated rings. The van der Waals surface area contributed by atoms with Gasteiger partial charge in [-0.3, -0.25) is 4.79 Å². The number of hydrogen-bond acceptors (Lipinski definition) is 7. The number of carbonyl (C=O) groups excluding carboxylic acids is 1. The van der Waals surface area contributed by atoms with E-state index in [0.717, 1.165) is 6.08 Å². The third-order valence-corrected chi connectivity index (χ3v) is 2.80. The van der Waals surface area contributed by atoms with Gasteiger partial charge in [0.25, 0.3) is 0 Å². The van der Waals surface area contributed by atoms with Crippen LogP contribution >= 0.6 is 0 Å². The Bertz CT molecular complexity index is 409. The molecule has 0 aromatic rings. The summed E-state index contributed by atoms with van der Waals surface area (Å²) < 4.78 is 4.90. The van der Waals surface area contributed by atoms with E-state index < -0.39 is 54.7 Å². The Labute approximate surface area is 114 Å². The van der Waals surface area contributed by atoms with Crippen molar-refractivity contribution in [2.45, 2.75) is 37.4 Å². The molecule has 9 nitrogen and oxygen atoms in total. The zero-order valence-corrected chi connectivity index (χ0v) is 10.6. The maximum absolute atomic E-state index is 11.0. The van der Waals surface area contributed by atoms with Gasteiger partial charge in [0, 0.05) is 6.92 Å². The van der Waals surface area contributed by atoms with E-state index in [9.17, 15) is 24.9 Å². The van der Waals surface area contributed by atoms with Crippen molar-refractivity contribution in [3.63, 3.8) is 0 Å². The summed E-state index contributed by atoms with van der Waals surface area (Å²) in [6.07, 6.45) is -5.36. The van der Waals surface area contributed by atoms with Crippen molar-refractivity contribution in [1.29, 1.82) is 0 Å². The maximum Gasteiger partial charge on any atom is 0.370 e. The Hall–Kier alpha value is -1.68. The zero-order chi connectivity index (χ0) is 15.4. The van der Waals surface area contributed by atoms with Gasteiger partial charge >= 0.3 is 5.97 Å². The monoisotopic (exact) mass is 291 g/mol. The molecule has 114 valence electrons. The van der Waals surface area contributed by atoms with Crippen molar-refractivity contribution in [2.75, 3.05) is 6.61 Å². The number of carboxylic acids is 1. The molecular weight excluding hydrogens is 274 g/mol. The van der Waals surface area contributed by atoms with Crippen molar-refractivity contribution in [1.82, 2.24) is 5.32 Å². The minimum absolute atomic E-state index is 0.520. The molecular formula is C11H17NO8. The van der Waals surface area contributed by atoms with Gasteiger partial charge in [-0.2, -0.15) is 0 Å². The van der Waals surface area contributed by atoms with Gasteiger partial charge in [-0.1, -0.05) is 0 Å². The summed E-state index contributed by atoms with van der Waals surface area (Å²) in [6, 6.07) is -1.10. The van der Waals surface area contributed by atoms with Crippen LogP contribution in [0.5, 0.6) is 0 Å². The Morgan fingerprint density at radius 2 is 2.05 bits per heavy atom. The second-order valence-electron chi connectivity index (χ2n) is 4.38. The molecule has 0 aliphatic carbocycles. The van der Waals surface area contributed by atoms with Gasteiger partial charge in [0.2, 0.25) is 11.7 Å². The van der Waals surface area contributed by atoms with Crippen LogP contribution in [-0.2, 0) is 14.3 Å². The molecule has 9 heteroatoms. The number of carbonyl (C=O) groups is 2. The van der Waals surface area contributed by atoms with Crippen molar-refractivity contribution in [3.8, 4) is 0 Å². The topological polar surface area (TPSA) is 157 Å². The van der Waals surface area contributed by atoms with Gasteiger partial charge in [-0.25, -0.2) is 4.79 Å². The van der Waals surface area contributed by atoms with Crippen LogP contribution in [0.1, 0.15) is 6.92 Å². The average molecular weight is 291 g/mol. The summed E-state index contributed by atoms with van der Waals surface area (Å²) in [5.74, 6) is -2.56. The van der Waals surface area contributed by atoms with E-state index in [4.69, 9.17) is 14.9 Å². The highest BCUT2D eigenvalue weighted by molar-refractivity contribution is 5.85. The summed E-state index contributed by atoms with van der Waals surface area (Å²) in [4.78, 5) is 21.9. The lowest BCUT2D eigenvalue weighted by molar-refractivity contribution is -0.156. The third-order valence-electron chi connectivity index (χ3n) is 2.80. The van der Waals surface area contributed by atoms with Gasteiger partial charge in [0.1, 0.15) is 18.3 Å². The lowest BCUT2D eigenvalue weighted by Crippen LogP contribution is -2.57. The smallest absolute Gasteiger partial charge is 0.370 e. The molecule has 0 aromatic heterocycles. The van der Waals surface area contributed by atoms with Crippen molar-refractivity contribution >= 4 is 11.9 Å². The number of ether oxygens (including phenoxy) is 1. The average Bonchev–Trinajstić information content (AvgIpc) is 2.38. The number of aliphatic carboxylic acids is 1. The highest BCUT2D eigenvalue weighted by Crippen LogP contribution is 2.22. The van der Waals surface area contributed by atoms with E-state index in [1.54, 1.807) is 0 Å². The molecule has 1 aliphatic heterocycles. The lowest BCUT2D eigenvalue weighted by atomic mass is 9.94. The van der Waals surface area contributed by atoms with Crippen LogP contribution < -0.4 is 5.32 Å². The predicted molar refractivity (Wildman–Crippen MR) is 63.3 cm³/mol. The van der Waals surface area contributed by atoms with Crippen LogP contribution in [0.15, 0.2) is 11.8 Å². The molecule has 1 heterocycles. The van der Waals surface area contributed by atoms with Crippen molar-refractivity contribution in [3.05, 3.63) is 11.8 Å². The molecule has 0 radical (unpaired) electrons. The molecule has 0 bridgehead atoms. The molecule has 6 N–H and O–H groups in total. The first-order valence-electron chi connectivity index (χ1n) is 5.81. The number of nitrogens with one attached hydrogen (secondary N) is 1. The van der Waals surface area contributed by atoms with E-state index in [-0.39, 0.29) is 0 Å². The molecule has 0 aromatic carbocycles. The minimum atomic E-state index is -1.73. The van der Waals surface area contributed by atoms with Gasteiger partial charge in [-0.05, 0) is 6.08 Å². The van der Waals surface area contributed by atoms with Gasteiger partial charge in [0.05, 0.1) is 12.6 Å². The minimum Gasteiger partial charge on any atom is -0.478 e. The summed E-state index contributed by atoms with van der Waals surface area (Å²) in [5.41, 5.74) is 0. The Kier molecular flexibility index (Phi) is 5.45. The molecule has 1 rings (SSSR count). The lowest BCUT2D eigenvalue weighted by Gasteiger charge is -2.36. The summed E-state index contributed by atoms with van der Waals surface area (Å²) >= 11 is 0. The van der Waals surface area contributed by atoms with Crippen LogP contribution in [0.3, 0.4) is 0 Å². The first-order valence-corrected chi connectivity index (χ1v) is 5.81. The quantitative estimate of drug-likeness (QED) is 0.311. The van der Waals surface area contributed by atoms with Crippen LogP contribution in [-0.4, -0.2) is 74.5 Å². The van der Waals surface area contributed by atoms with E-state index in [1.807, 2.05) is 0 Å². The van der Waals surface area contributed by atoms with E-state index in [0.29, 0.717) is 0 Å². The number of rotatable bonds is 5. The normalized spacial score (nSPS) is 28.9. The zero-order valence-electron chi connectivity index (χ0n) is 10.6. The number of hydrogen-bond donors (Lipinski definition) is 6. The fourth-order valence-corrected chi connectivity index (χ4v) is 1.80. The summed E-state index contributed by atoms with van der Waals surface area (Å²) in [6.45, 7) is 0.370. The fraction of sp³-hybridized carbons (Fsp3) is 0.636. The fourth-order valence-electron chi connectivity index (χ4n) is 1.80. The predicted octanol–water partition coefficient (Wildman–Crippen LogP) is -3.07. The van der Waals surface area contributed by atoms with Crippen LogP contribution in [0.25, 0.3) is 0 Å². The first-order chi connectivity index (χ1) is 9.27. The Morgan fingerprint density at radius 1 is 1.45 bits per heavy atom. The first kappa shape index (κ1) is 16.4. The molecule has 0 unspecified atom stereocenters. The van der Waals surface area contributed by atoms with Crippen molar-refractivity contribution in [2.24, 2.45) is 0 Å². The number of carboxylic acid groups (broad SMARTS) is 1. The summed E-state index contributed by atoms with van der Waals surface area (Å²) in [5, 5.41) is 49.0. The Balaban J connectivity index is 3.00. The van der Waals surface area contributed by atoms with Gasteiger partial charge in [0.15, 0.2) is 6.10 Å². The molecule has 0 saturated carbocycles. The molecule has 20 heavy (non-hydrogen) atoms. The molecule has 0 saturated heterocycles. The van der Waals surface area contributed by atoms with Crippen LogP contribution in [0.4, 0.5) is 0 Å². The molecule has 0 spiro atoms. The number of aliphatic hydroxyl groups excluding tert-OH is 4. The van der Waals surface area contributed by atoms with E-state index in [2.05, 4.69) is 5.32 Å². The second kappa shape index (κ2) is 6.66. The summed E-state index contributed by atoms with van der Waals surface area (Å²) in [7, 11) is 0. The molecule has 1 amide bonds. The molecule has 5 atom stereocenters. The Morgan fingerprint density at radius 3 is 2.50 bits per heavy atom. The highest BCUT2D eigenvalue weighted by Gasteiger charge is 2.42. The van der Waals surface area contributed by atoms with E-state index in [1.165, 1.54) is 6.92 Å². The number of aliphatic hydroxyl groups is 4. The standard InChI is InChI=1S/C11H17NO8/c1-4(14)12-5-2-7(11(18)19)20-10(8(5)16)9(17)6(15)3-13/h2,5-6,8-10,13,15-17H,3H2,1H3,(H,12,14)(H,18,19)/t5-,6-,8-,9-,10-/m1/s1.